The number of aliphatic hydroxyl groups excluding tert-OH is 1. The van der Waals surface area contributed by atoms with E-state index in [1.807, 2.05) is 0 Å². The molecular weight excluding hydrogens is 308 g/mol. The molecular formula is C15H24O8. The average Bonchev–Trinajstić information content (AvgIpc) is 2.49. The molecule has 132 valence electrons. The van der Waals surface area contributed by atoms with Crippen molar-refractivity contribution >= 4 is 17.9 Å². The predicted octanol–water partition coefficient (Wildman–Crippen LogP) is 0.848. The van der Waals surface area contributed by atoms with Gasteiger partial charge in [0.15, 0.2) is 12.4 Å². The summed E-state index contributed by atoms with van der Waals surface area (Å²) in [5.41, 5.74) is 0. The highest BCUT2D eigenvalue weighted by molar-refractivity contribution is 5.70. The fraction of sp³-hybridized carbons (Fsp3) is 0.800. The number of ether oxygens (including phenoxy) is 3. The molecule has 8 nitrogen and oxygen atoms in total. The van der Waals surface area contributed by atoms with Gasteiger partial charge >= 0.3 is 17.9 Å². The zero-order chi connectivity index (χ0) is 17.6. The van der Waals surface area contributed by atoms with Crippen molar-refractivity contribution in [1.29, 1.82) is 0 Å². The van der Waals surface area contributed by atoms with Crippen LogP contribution in [0, 0.1) is 5.92 Å². The van der Waals surface area contributed by atoms with E-state index in [1.54, 1.807) is 20.8 Å². The lowest BCUT2D eigenvalue weighted by atomic mass is 9.85. The molecule has 0 spiro atoms. The highest BCUT2D eigenvalue weighted by Crippen LogP contribution is 2.33. The van der Waals surface area contributed by atoms with Crippen LogP contribution in [0.5, 0.6) is 0 Å². The summed E-state index contributed by atoms with van der Waals surface area (Å²) in [4.78, 5) is 34.1. The van der Waals surface area contributed by atoms with Crippen LogP contribution in [0.3, 0.4) is 0 Å². The quantitative estimate of drug-likeness (QED) is 0.658. The first-order valence-corrected chi connectivity index (χ1v) is 7.74. The van der Waals surface area contributed by atoms with Crippen LogP contribution in [0.15, 0.2) is 0 Å². The van der Waals surface area contributed by atoms with Gasteiger partial charge in [0.1, 0.15) is 6.10 Å². The van der Waals surface area contributed by atoms with Crippen LogP contribution in [0.1, 0.15) is 46.5 Å². The third-order valence-electron chi connectivity index (χ3n) is 3.79. The van der Waals surface area contributed by atoms with Gasteiger partial charge in [-0.3, -0.25) is 14.4 Å². The predicted molar refractivity (Wildman–Crippen MR) is 77.3 cm³/mol. The molecule has 0 aromatic rings. The molecule has 5 atom stereocenters. The molecule has 1 saturated heterocycles. The van der Waals surface area contributed by atoms with Crippen LogP contribution in [0.2, 0.25) is 0 Å². The summed E-state index contributed by atoms with van der Waals surface area (Å²) in [6.45, 7) is 4.86. The molecule has 0 radical (unpaired) electrons. The summed E-state index contributed by atoms with van der Waals surface area (Å²) < 4.78 is 15.8. The van der Waals surface area contributed by atoms with Gasteiger partial charge in [-0.25, -0.2) is 0 Å². The van der Waals surface area contributed by atoms with Gasteiger partial charge in [-0.1, -0.05) is 13.8 Å². The van der Waals surface area contributed by atoms with Gasteiger partial charge < -0.3 is 24.4 Å². The van der Waals surface area contributed by atoms with E-state index in [4.69, 9.17) is 19.3 Å². The van der Waals surface area contributed by atoms with Gasteiger partial charge in [-0.2, -0.15) is 0 Å². The van der Waals surface area contributed by atoms with E-state index in [0.29, 0.717) is 0 Å². The first kappa shape index (κ1) is 19.4. The standard InChI is InChI=1S/C15H24O8/c1-4-11(18)22-13-9(6-7-10(16)17)8(3)21-15(20)14(13)23-12(19)5-2/h8-9,13-15,20H,4-7H2,1-3H3,(H,16,17)/t8-,9+,13+,14-,15?/m0/s1. The van der Waals surface area contributed by atoms with Crippen molar-refractivity contribution in [3.05, 3.63) is 0 Å². The minimum absolute atomic E-state index is 0.0903. The van der Waals surface area contributed by atoms with Crippen molar-refractivity contribution < 1.29 is 38.8 Å². The second-order valence-corrected chi connectivity index (χ2v) is 5.44. The highest BCUT2D eigenvalue weighted by atomic mass is 16.7. The van der Waals surface area contributed by atoms with Gasteiger partial charge in [0, 0.05) is 25.2 Å². The molecule has 1 rings (SSSR count). The molecule has 1 aliphatic rings. The van der Waals surface area contributed by atoms with Crippen molar-refractivity contribution in [3.8, 4) is 0 Å². The van der Waals surface area contributed by atoms with Crippen LogP contribution < -0.4 is 0 Å². The zero-order valence-corrected chi connectivity index (χ0v) is 13.6. The maximum Gasteiger partial charge on any atom is 0.306 e. The summed E-state index contributed by atoms with van der Waals surface area (Å²) in [7, 11) is 0. The van der Waals surface area contributed by atoms with Crippen LogP contribution in [0.4, 0.5) is 0 Å². The molecule has 0 aromatic carbocycles. The van der Waals surface area contributed by atoms with Crippen molar-refractivity contribution in [2.45, 2.75) is 71.1 Å². The first-order chi connectivity index (χ1) is 10.8. The number of hydrogen-bond acceptors (Lipinski definition) is 7. The lowest BCUT2D eigenvalue weighted by Gasteiger charge is -2.42. The Morgan fingerprint density at radius 1 is 1.04 bits per heavy atom. The third kappa shape index (κ3) is 5.47. The van der Waals surface area contributed by atoms with E-state index in [0.717, 1.165) is 0 Å². The Labute approximate surface area is 134 Å². The maximum absolute atomic E-state index is 11.7. The Kier molecular flexibility index (Phi) is 7.44. The van der Waals surface area contributed by atoms with E-state index in [1.165, 1.54) is 0 Å². The van der Waals surface area contributed by atoms with Crippen molar-refractivity contribution in [1.82, 2.24) is 0 Å². The number of esters is 2. The summed E-state index contributed by atoms with van der Waals surface area (Å²) in [6, 6.07) is 0. The Hall–Kier alpha value is -1.67. The number of carboxylic acid groups (broad SMARTS) is 1. The van der Waals surface area contributed by atoms with E-state index < -0.39 is 48.4 Å². The summed E-state index contributed by atoms with van der Waals surface area (Å²) in [5.74, 6) is -2.58. The average molecular weight is 332 g/mol. The Balaban J connectivity index is 2.99. The van der Waals surface area contributed by atoms with Crippen LogP contribution in [-0.4, -0.2) is 52.7 Å². The van der Waals surface area contributed by atoms with E-state index in [-0.39, 0.29) is 25.7 Å². The van der Waals surface area contributed by atoms with Gasteiger partial charge in [0.2, 0.25) is 0 Å². The fourth-order valence-electron chi connectivity index (χ4n) is 2.51. The Morgan fingerprint density at radius 2 is 1.57 bits per heavy atom. The first-order valence-electron chi connectivity index (χ1n) is 7.74. The van der Waals surface area contributed by atoms with Crippen LogP contribution >= 0.6 is 0 Å². The monoisotopic (exact) mass is 332 g/mol. The van der Waals surface area contributed by atoms with E-state index in [9.17, 15) is 19.5 Å². The molecule has 0 saturated carbocycles. The topological polar surface area (TPSA) is 119 Å². The summed E-state index contributed by atoms with van der Waals surface area (Å²) in [5, 5.41) is 18.9. The van der Waals surface area contributed by atoms with Gasteiger partial charge in [-0.15, -0.1) is 0 Å². The molecule has 0 amide bonds. The molecule has 1 fully saturated rings. The fourth-order valence-corrected chi connectivity index (χ4v) is 2.51. The number of aliphatic hydroxyl groups is 1. The SMILES string of the molecule is CCC(=O)O[C@@H]1[C@H](CCC(=O)O)[C@H](C)OC(O)[C@H]1OC(=O)CC. The van der Waals surface area contributed by atoms with Gasteiger partial charge in [0.25, 0.3) is 0 Å². The largest absolute Gasteiger partial charge is 0.481 e. The second-order valence-electron chi connectivity index (χ2n) is 5.44. The summed E-state index contributed by atoms with van der Waals surface area (Å²) in [6.07, 6.45) is -3.88. The molecule has 8 heteroatoms. The van der Waals surface area contributed by atoms with E-state index in [2.05, 4.69) is 0 Å². The minimum Gasteiger partial charge on any atom is -0.481 e. The lowest BCUT2D eigenvalue weighted by Crippen LogP contribution is -2.56. The van der Waals surface area contributed by atoms with E-state index >= 15 is 0 Å². The summed E-state index contributed by atoms with van der Waals surface area (Å²) >= 11 is 0. The second kappa shape index (κ2) is 8.83. The number of hydrogen-bond donors (Lipinski definition) is 2. The molecule has 2 N–H and O–H groups in total. The molecule has 1 unspecified atom stereocenters. The number of carboxylic acids is 1. The van der Waals surface area contributed by atoms with Crippen molar-refractivity contribution in [3.63, 3.8) is 0 Å². The molecule has 0 bridgehead atoms. The van der Waals surface area contributed by atoms with Crippen LogP contribution in [0.25, 0.3) is 0 Å². The van der Waals surface area contributed by atoms with Crippen molar-refractivity contribution in [2.24, 2.45) is 5.92 Å². The minimum atomic E-state index is -1.43. The lowest BCUT2D eigenvalue weighted by molar-refractivity contribution is -0.275. The third-order valence-corrected chi connectivity index (χ3v) is 3.79. The van der Waals surface area contributed by atoms with Crippen molar-refractivity contribution in [2.75, 3.05) is 0 Å². The zero-order valence-electron chi connectivity index (χ0n) is 13.6. The number of aliphatic carboxylic acids is 1. The van der Waals surface area contributed by atoms with Gasteiger partial charge in [0.05, 0.1) is 6.10 Å². The molecule has 1 heterocycles. The number of carbonyl (C=O) groups is 3. The molecule has 1 aliphatic heterocycles. The molecule has 0 aromatic heterocycles. The Morgan fingerprint density at radius 3 is 2.04 bits per heavy atom. The van der Waals surface area contributed by atoms with Crippen LogP contribution in [-0.2, 0) is 28.6 Å². The molecule has 0 aliphatic carbocycles. The van der Waals surface area contributed by atoms with Gasteiger partial charge in [-0.05, 0) is 13.3 Å². The number of rotatable bonds is 7. The molecule has 23 heavy (non-hydrogen) atoms. The smallest absolute Gasteiger partial charge is 0.306 e. The number of carbonyl (C=O) groups excluding carboxylic acids is 2. The Bertz CT molecular complexity index is 435. The maximum atomic E-state index is 11.7. The highest BCUT2D eigenvalue weighted by Gasteiger charge is 2.47. The normalized spacial score (nSPS) is 30.5.